The van der Waals surface area contributed by atoms with Crippen molar-refractivity contribution in [2.24, 2.45) is 10.7 Å². The van der Waals surface area contributed by atoms with Crippen LogP contribution in [0.2, 0.25) is 0 Å². The molecule has 2 heterocycles. The van der Waals surface area contributed by atoms with Gasteiger partial charge in [-0.05, 0) is 36.5 Å². The van der Waals surface area contributed by atoms with Crippen LogP contribution < -0.4 is 10.6 Å². The zero-order valence-corrected chi connectivity index (χ0v) is 14.7. The Morgan fingerprint density at radius 2 is 1.88 bits per heavy atom. The Kier molecular flexibility index (Phi) is 4.69. The standard InChI is InChI=1S/C19H23FN6/c20-17-5-4-15(14-2-3-14)12-16(17)13-24-18(21)25-8-10-26(11-9-25)19-22-6-1-7-23-19/h1,4-7,12,14H,2-3,8-11,13H2,(H2,21,24). The predicted molar refractivity (Wildman–Crippen MR) is 99.5 cm³/mol. The number of anilines is 1. The second kappa shape index (κ2) is 7.27. The van der Waals surface area contributed by atoms with Crippen molar-refractivity contribution in [3.63, 3.8) is 0 Å². The van der Waals surface area contributed by atoms with Gasteiger partial charge in [-0.1, -0.05) is 12.1 Å². The predicted octanol–water partition coefficient (Wildman–Crippen LogP) is 2.13. The summed E-state index contributed by atoms with van der Waals surface area (Å²) in [6, 6.07) is 7.18. The summed E-state index contributed by atoms with van der Waals surface area (Å²) in [5, 5.41) is 0. The molecular formula is C19H23FN6. The number of aromatic nitrogens is 2. The summed E-state index contributed by atoms with van der Waals surface area (Å²) in [6.45, 7) is 3.34. The molecule has 2 aromatic rings. The van der Waals surface area contributed by atoms with Gasteiger partial charge in [0.2, 0.25) is 5.95 Å². The lowest BCUT2D eigenvalue weighted by molar-refractivity contribution is 0.378. The molecule has 1 saturated heterocycles. The second-order valence-electron chi connectivity index (χ2n) is 6.82. The fourth-order valence-electron chi connectivity index (χ4n) is 3.24. The van der Waals surface area contributed by atoms with Crippen LogP contribution in [0.4, 0.5) is 10.3 Å². The molecule has 136 valence electrons. The van der Waals surface area contributed by atoms with Crippen molar-refractivity contribution in [2.45, 2.75) is 25.3 Å². The first-order valence-electron chi connectivity index (χ1n) is 9.06. The van der Waals surface area contributed by atoms with Crippen molar-refractivity contribution < 1.29 is 4.39 Å². The maximum absolute atomic E-state index is 14.0. The molecule has 0 spiro atoms. The molecule has 2 N–H and O–H groups in total. The summed E-state index contributed by atoms with van der Waals surface area (Å²) < 4.78 is 14.0. The van der Waals surface area contributed by atoms with Gasteiger partial charge >= 0.3 is 0 Å². The van der Waals surface area contributed by atoms with Crippen LogP contribution in [0, 0.1) is 5.82 Å². The Hall–Kier alpha value is -2.70. The molecule has 1 aliphatic heterocycles. The third kappa shape index (κ3) is 3.76. The van der Waals surface area contributed by atoms with E-state index in [0.717, 1.165) is 32.1 Å². The third-order valence-electron chi connectivity index (χ3n) is 4.97. The molecule has 4 rings (SSSR count). The first-order valence-corrected chi connectivity index (χ1v) is 9.06. The van der Waals surface area contributed by atoms with Crippen LogP contribution in [0.25, 0.3) is 0 Å². The van der Waals surface area contributed by atoms with Gasteiger partial charge in [-0.3, -0.25) is 0 Å². The number of piperazine rings is 1. The van der Waals surface area contributed by atoms with E-state index >= 15 is 0 Å². The Bertz CT molecular complexity index is 782. The van der Waals surface area contributed by atoms with Gasteiger partial charge in [-0.15, -0.1) is 0 Å². The molecule has 2 aliphatic rings. The van der Waals surface area contributed by atoms with E-state index in [4.69, 9.17) is 5.73 Å². The van der Waals surface area contributed by atoms with Crippen molar-refractivity contribution in [3.05, 3.63) is 53.6 Å². The minimum atomic E-state index is -0.211. The van der Waals surface area contributed by atoms with Crippen molar-refractivity contribution in [2.75, 3.05) is 31.1 Å². The normalized spacial score (nSPS) is 18.3. The van der Waals surface area contributed by atoms with Crippen LogP contribution in [0.3, 0.4) is 0 Å². The average molecular weight is 354 g/mol. The Labute approximate surface area is 152 Å². The summed E-state index contributed by atoms with van der Waals surface area (Å²) in [5.41, 5.74) is 7.98. The van der Waals surface area contributed by atoms with Crippen molar-refractivity contribution in [1.82, 2.24) is 14.9 Å². The molecular weight excluding hydrogens is 331 g/mol. The summed E-state index contributed by atoms with van der Waals surface area (Å²) >= 11 is 0. The first-order chi connectivity index (χ1) is 12.7. The monoisotopic (exact) mass is 354 g/mol. The van der Waals surface area contributed by atoms with E-state index in [2.05, 4.69) is 19.9 Å². The number of nitrogens with two attached hydrogens (primary N) is 1. The summed E-state index contributed by atoms with van der Waals surface area (Å²) in [4.78, 5) is 17.1. The summed E-state index contributed by atoms with van der Waals surface area (Å²) in [5.74, 6) is 1.59. The molecule has 2 fully saturated rings. The largest absolute Gasteiger partial charge is 0.370 e. The molecule has 0 amide bonds. The smallest absolute Gasteiger partial charge is 0.225 e. The van der Waals surface area contributed by atoms with Crippen LogP contribution in [0.1, 0.15) is 29.9 Å². The molecule has 1 aromatic heterocycles. The topological polar surface area (TPSA) is 70.6 Å². The number of nitrogens with zero attached hydrogens (tertiary/aromatic N) is 5. The molecule has 0 radical (unpaired) electrons. The number of hydrogen-bond donors (Lipinski definition) is 1. The van der Waals surface area contributed by atoms with Crippen LogP contribution in [0.5, 0.6) is 0 Å². The molecule has 1 aromatic carbocycles. The fraction of sp³-hybridized carbons (Fsp3) is 0.421. The molecule has 1 saturated carbocycles. The highest BCUT2D eigenvalue weighted by Gasteiger charge is 2.24. The van der Waals surface area contributed by atoms with E-state index in [1.807, 2.05) is 23.1 Å². The highest BCUT2D eigenvalue weighted by atomic mass is 19.1. The van der Waals surface area contributed by atoms with Gasteiger partial charge in [0, 0.05) is 44.1 Å². The Balaban J connectivity index is 1.36. The SMILES string of the molecule is NC(=NCc1cc(C2CC2)ccc1F)N1CCN(c2ncccn2)CC1. The lowest BCUT2D eigenvalue weighted by Gasteiger charge is -2.35. The Morgan fingerprint density at radius 3 is 2.58 bits per heavy atom. The van der Waals surface area contributed by atoms with Gasteiger partial charge < -0.3 is 15.5 Å². The first kappa shape index (κ1) is 16.8. The zero-order valence-electron chi connectivity index (χ0n) is 14.7. The molecule has 0 atom stereocenters. The van der Waals surface area contributed by atoms with Gasteiger partial charge in [0.05, 0.1) is 6.54 Å². The fourth-order valence-corrected chi connectivity index (χ4v) is 3.24. The number of benzene rings is 1. The van der Waals surface area contributed by atoms with E-state index in [1.54, 1.807) is 18.5 Å². The van der Waals surface area contributed by atoms with E-state index < -0.39 is 0 Å². The minimum Gasteiger partial charge on any atom is -0.370 e. The molecule has 0 unspecified atom stereocenters. The number of aliphatic imine (C=N–C) groups is 1. The van der Waals surface area contributed by atoms with Crippen molar-refractivity contribution in [3.8, 4) is 0 Å². The van der Waals surface area contributed by atoms with Crippen molar-refractivity contribution >= 4 is 11.9 Å². The maximum Gasteiger partial charge on any atom is 0.225 e. The molecule has 0 bridgehead atoms. The average Bonchev–Trinajstić information content (AvgIpc) is 3.53. The molecule has 6 nitrogen and oxygen atoms in total. The quantitative estimate of drug-likeness (QED) is 0.673. The van der Waals surface area contributed by atoms with Gasteiger partial charge in [0.25, 0.3) is 0 Å². The summed E-state index contributed by atoms with van der Waals surface area (Å²) in [6.07, 6.45) is 5.89. The van der Waals surface area contributed by atoms with Crippen molar-refractivity contribution in [1.29, 1.82) is 0 Å². The highest BCUT2D eigenvalue weighted by molar-refractivity contribution is 5.78. The number of rotatable bonds is 4. The number of guanidine groups is 1. The van der Waals surface area contributed by atoms with Gasteiger partial charge in [-0.2, -0.15) is 0 Å². The van der Waals surface area contributed by atoms with E-state index in [-0.39, 0.29) is 12.4 Å². The van der Waals surface area contributed by atoms with E-state index in [9.17, 15) is 4.39 Å². The Morgan fingerprint density at radius 1 is 1.15 bits per heavy atom. The molecule has 1 aliphatic carbocycles. The maximum atomic E-state index is 14.0. The zero-order chi connectivity index (χ0) is 17.9. The highest BCUT2D eigenvalue weighted by Crippen LogP contribution is 2.40. The lowest BCUT2D eigenvalue weighted by Crippen LogP contribution is -2.51. The van der Waals surface area contributed by atoms with E-state index in [1.165, 1.54) is 18.4 Å². The van der Waals surface area contributed by atoms with Crippen LogP contribution in [0.15, 0.2) is 41.7 Å². The van der Waals surface area contributed by atoms with Gasteiger partial charge in [0.15, 0.2) is 5.96 Å². The van der Waals surface area contributed by atoms with E-state index in [0.29, 0.717) is 17.4 Å². The third-order valence-corrected chi connectivity index (χ3v) is 4.97. The number of halogens is 1. The number of hydrogen-bond acceptors (Lipinski definition) is 4. The second-order valence-corrected chi connectivity index (χ2v) is 6.82. The van der Waals surface area contributed by atoms with Crippen LogP contribution in [-0.2, 0) is 6.54 Å². The van der Waals surface area contributed by atoms with Crippen LogP contribution in [-0.4, -0.2) is 47.0 Å². The molecule has 7 heteroatoms. The summed E-state index contributed by atoms with van der Waals surface area (Å²) in [7, 11) is 0. The lowest BCUT2D eigenvalue weighted by atomic mass is 10.1. The van der Waals surface area contributed by atoms with Gasteiger partial charge in [0.1, 0.15) is 5.82 Å². The minimum absolute atomic E-state index is 0.211. The van der Waals surface area contributed by atoms with Gasteiger partial charge in [-0.25, -0.2) is 19.4 Å². The van der Waals surface area contributed by atoms with Crippen LogP contribution >= 0.6 is 0 Å². The molecule has 26 heavy (non-hydrogen) atoms.